The van der Waals surface area contributed by atoms with Crippen LogP contribution >= 0.6 is 24.0 Å². The van der Waals surface area contributed by atoms with Crippen LogP contribution < -0.4 is 24.8 Å². The second-order valence-corrected chi connectivity index (χ2v) is 7.25. The first-order chi connectivity index (χ1) is 14.9. The molecule has 0 heterocycles. The highest BCUT2D eigenvalue weighted by molar-refractivity contribution is 14.0. The minimum absolute atomic E-state index is 0. The largest absolute Gasteiger partial charge is 0.493 e. The van der Waals surface area contributed by atoms with Gasteiger partial charge in [-0.25, -0.2) is 4.99 Å². The van der Waals surface area contributed by atoms with E-state index in [0.717, 1.165) is 17.7 Å². The number of nitro groups is 1. The van der Waals surface area contributed by atoms with Gasteiger partial charge in [0.25, 0.3) is 5.69 Å². The Balaban J connectivity index is 0.00000512. The Labute approximate surface area is 205 Å². The van der Waals surface area contributed by atoms with Gasteiger partial charge in [0, 0.05) is 25.2 Å². The van der Waals surface area contributed by atoms with Crippen LogP contribution in [0.3, 0.4) is 0 Å². The molecule has 0 aliphatic rings. The summed E-state index contributed by atoms with van der Waals surface area (Å²) in [5, 5.41) is 17.4. The third-order valence-corrected chi connectivity index (χ3v) is 4.43. The number of benzene rings is 2. The maximum atomic E-state index is 10.8. The molecule has 9 nitrogen and oxygen atoms in total. The summed E-state index contributed by atoms with van der Waals surface area (Å²) in [6.07, 6.45) is 0. The predicted octanol–water partition coefficient (Wildman–Crippen LogP) is 4.13. The van der Waals surface area contributed by atoms with E-state index in [-0.39, 0.29) is 29.7 Å². The van der Waals surface area contributed by atoms with Gasteiger partial charge < -0.3 is 24.8 Å². The van der Waals surface area contributed by atoms with Gasteiger partial charge in [-0.05, 0) is 29.2 Å². The standard InChI is InChI=1S/C22H30N4O5.HI/c1-15(2)12-23-22(24-13-16-6-8-18(9-7-16)26(27)28)25-14-17-10-19(29-3)21(31-5)20(11-17)30-4;/h6-11,15H,12-14H2,1-5H3,(H2,23,24,25);1H. The summed E-state index contributed by atoms with van der Waals surface area (Å²) in [6, 6.07) is 10.2. The molecule has 0 spiro atoms. The van der Waals surface area contributed by atoms with Crippen molar-refractivity contribution in [1.29, 1.82) is 0 Å². The van der Waals surface area contributed by atoms with E-state index in [9.17, 15) is 10.1 Å². The fourth-order valence-corrected chi connectivity index (χ4v) is 2.79. The van der Waals surface area contributed by atoms with Gasteiger partial charge in [-0.15, -0.1) is 24.0 Å². The van der Waals surface area contributed by atoms with E-state index in [2.05, 4.69) is 29.5 Å². The molecule has 0 unspecified atom stereocenters. The van der Waals surface area contributed by atoms with Crippen molar-refractivity contribution in [2.45, 2.75) is 26.9 Å². The zero-order chi connectivity index (χ0) is 22.8. The molecular weight excluding hydrogens is 527 g/mol. The van der Waals surface area contributed by atoms with Crippen molar-refractivity contribution in [3.05, 3.63) is 57.6 Å². The van der Waals surface area contributed by atoms with Gasteiger partial charge in [-0.1, -0.05) is 26.0 Å². The number of ether oxygens (including phenoxy) is 3. The van der Waals surface area contributed by atoms with Crippen molar-refractivity contribution in [2.24, 2.45) is 10.9 Å². The lowest BCUT2D eigenvalue weighted by atomic mass is 10.2. The lowest BCUT2D eigenvalue weighted by Gasteiger charge is -2.16. The van der Waals surface area contributed by atoms with Crippen LogP contribution in [-0.2, 0) is 13.1 Å². The zero-order valence-electron chi connectivity index (χ0n) is 19.0. The molecule has 2 aromatic carbocycles. The van der Waals surface area contributed by atoms with Gasteiger partial charge in [0.1, 0.15) is 0 Å². The van der Waals surface area contributed by atoms with Crippen LogP contribution in [0.25, 0.3) is 0 Å². The van der Waals surface area contributed by atoms with Crippen molar-refractivity contribution >= 4 is 35.6 Å². The Morgan fingerprint density at radius 1 is 1.00 bits per heavy atom. The van der Waals surface area contributed by atoms with Crippen LogP contribution in [0.4, 0.5) is 5.69 Å². The summed E-state index contributed by atoms with van der Waals surface area (Å²) < 4.78 is 16.2. The van der Waals surface area contributed by atoms with Crippen molar-refractivity contribution in [2.75, 3.05) is 27.9 Å². The van der Waals surface area contributed by atoms with E-state index in [1.165, 1.54) is 12.1 Å². The number of nitro benzene ring substituents is 1. The van der Waals surface area contributed by atoms with Crippen LogP contribution in [0.15, 0.2) is 41.4 Å². The lowest BCUT2D eigenvalue weighted by Crippen LogP contribution is -2.38. The minimum atomic E-state index is -0.411. The number of non-ortho nitro benzene ring substituents is 1. The average molecular weight is 558 g/mol. The van der Waals surface area contributed by atoms with Crippen LogP contribution in [-0.4, -0.2) is 38.8 Å². The number of hydrogen-bond acceptors (Lipinski definition) is 6. The molecule has 2 aromatic rings. The minimum Gasteiger partial charge on any atom is -0.493 e. The summed E-state index contributed by atoms with van der Waals surface area (Å²) in [6.45, 7) is 5.85. The summed E-state index contributed by atoms with van der Waals surface area (Å²) in [5.41, 5.74) is 1.88. The Bertz CT molecular complexity index is 879. The van der Waals surface area contributed by atoms with Gasteiger partial charge in [-0.3, -0.25) is 10.1 Å². The number of hydrogen-bond donors (Lipinski definition) is 2. The molecule has 176 valence electrons. The molecule has 0 aliphatic heterocycles. The molecule has 32 heavy (non-hydrogen) atoms. The van der Waals surface area contributed by atoms with Crippen molar-refractivity contribution in [3.8, 4) is 17.2 Å². The number of nitrogens with one attached hydrogen (secondary N) is 2. The van der Waals surface area contributed by atoms with Gasteiger partial charge >= 0.3 is 0 Å². The maximum Gasteiger partial charge on any atom is 0.269 e. The van der Waals surface area contributed by atoms with E-state index in [1.54, 1.807) is 33.5 Å². The Hall–Kier alpha value is -2.76. The molecule has 0 atom stereocenters. The summed E-state index contributed by atoms with van der Waals surface area (Å²) in [4.78, 5) is 15.1. The summed E-state index contributed by atoms with van der Waals surface area (Å²) >= 11 is 0. The highest BCUT2D eigenvalue weighted by Gasteiger charge is 2.13. The smallest absolute Gasteiger partial charge is 0.269 e. The SMILES string of the molecule is COc1cc(CN=C(NCc2ccc([N+](=O)[O-])cc2)NCC(C)C)cc(OC)c1OC.I. The van der Waals surface area contributed by atoms with Crippen molar-refractivity contribution in [1.82, 2.24) is 10.6 Å². The Morgan fingerprint density at radius 3 is 2.06 bits per heavy atom. The number of halogens is 1. The molecule has 0 saturated heterocycles. The highest BCUT2D eigenvalue weighted by atomic mass is 127. The maximum absolute atomic E-state index is 10.8. The molecule has 0 amide bonds. The third-order valence-electron chi connectivity index (χ3n) is 4.43. The second kappa shape index (κ2) is 13.6. The van der Waals surface area contributed by atoms with E-state index in [1.807, 2.05) is 12.1 Å². The van der Waals surface area contributed by atoms with Crippen LogP contribution in [0.2, 0.25) is 0 Å². The van der Waals surface area contributed by atoms with Gasteiger partial charge in [0.05, 0.1) is 32.8 Å². The van der Waals surface area contributed by atoms with Gasteiger partial charge in [0.15, 0.2) is 17.5 Å². The number of methoxy groups -OCH3 is 3. The van der Waals surface area contributed by atoms with E-state index in [0.29, 0.717) is 42.2 Å². The van der Waals surface area contributed by atoms with Crippen LogP contribution in [0.1, 0.15) is 25.0 Å². The second-order valence-electron chi connectivity index (χ2n) is 7.25. The first-order valence-corrected chi connectivity index (χ1v) is 9.92. The molecule has 0 saturated carbocycles. The molecule has 10 heteroatoms. The lowest BCUT2D eigenvalue weighted by molar-refractivity contribution is -0.384. The number of aliphatic imine (C=N–C) groups is 1. The van der Waals surface area contributed by atoms with Crippen molar-refractivity contribution < 1.29 is 19.1 Å². The van der Waals surface area contributed by atoms with E-state index < -0.39 is 4.92 Å². The first-order valence-electron chi connectivity index (χ1n) is 9.92. The third kappa shape index (κ3) is 8.06. The molecule has 2 N–H and O–H groups in total. The highest BCUT2D eigenvalue weighted by Crippen LogP contribution is 2.38. The number of rotatable bonds is 10. The summed E-state index contributed by atoms with van der Waals surface area (Å²) in [7, 11) is 4.71. The average Bonchev–Trinajstić information content (AvgIpc) is 2.77. The monoisotopic (exact) mass is 558 g/mol. The van der Waals surface area contributed by atoms with Gasteiger partial charge in [-0.2, -0.15) is 0 Å². The van der Waals surface area contributed by atoms with E-state index >= 15 is 0 Å². The molecule has 0 bridgehead atoms. The molecule has 2 rings (SSSR count). The van der Waals surface area contributed by atoms with E-state index in [4.69, 9.17) is 14.2 Å². The molecule has 0 aliphatic carbocycles. The number of nitrogens with zero attached hydrogens (tertiary/aromatic N) is 2. The van der Waals surface area contributed by atoms with Gasteiger partial charge in [0.2, 0.25) is 5.75 Å². The number of guanidine groups is 1. The first kappa shape index (κ1) is 27.3. The molecule has 0 radical (unpaired) electrons. The fourth-order valence-electron chi connectivity index (χ4n) is 2.79. The van der Waals surface area contributed by atoms with Crippen molar-refractivity contribution in [3.63, 3.8) is 0 Å². The Morgan fingerprint density at radius 2 is 1.59 bits per heavy atom. The molecule has 0 fully saturated rings. The normalized spacial score (nSPS) is 10.9. The quantitative estimate of drug-likeness (QED) is 0.149. The topological polar surface area (TPSA) is 107 Å². The molecule has 0 aromatic heterocycles. The zero-order valence-corrected chi connectivity index (χ0v) is 21.3. The summed E-state index contributed by atoms with van der Waals surface area (Å²) in [5.74, 6) is 2.76. The fraction of sp³-hybridized carbons (Fsp3) is 0.409. The van der Waals surface area contributed by atoms with Crippen LogP contribution in [0, 0.1) is 16.0 Å². The van der Waals surface area contributed by atoms with Crippen LogP contribution in [0.5, 0.6) is 17.2 Å². The molecular formula is C22H31IN4O5. The predicted molar refractivity (Wildman–Crippen MR) is 135 cm³/mol. The Kier molecular flexibility index (Phi) is 11.6.